The summed E-state index contributed by atoms with van der Waals surface area (Å²) in [5, 5.41) is 12.9. The van der Waals surface area contributed by atoms with Crippen LogP contribution in [0.1, 0.15) is 43.1 Å². The average Bonchev–Trinajstić information content (AvgIpc) is 3.45. The van der Waals surface area contributed by atoms with Crippen LogP contribution < -0.4 is 10.6 Å². The van der Waals surface area contributed by atoms with E-state index in [1.807, 2.05) is 16.5 Å². The molecule has 3 aromatic heterocycles. The predicted octanol–water partition coefficient (Wildman–Crippen LogP) is 2.94. The third kappa shape index (κ3) is 4.70. The minimum atomic E-state index is -0.113. The van der Waals surface area contributed by atoms with E-state index in [1.54, 1.807) is 42.2 Å². The van der Waals surface area contributed by atoms with Crippen LogP contribution in [0.5, 0.6) is 0 Å². The van der Waals surface area contributed by atoms with E-state index in [1.165, 1.54) is 17.7 Å². The first-order chi connectivity index (χ1) is 16.4. The van der Waals surface area contributed by atoms with Crippen molar-refractivity contribution < 1.29 is 9.59 Å². The van der Waals surface area contributed by atoms with Gasteiger partial charge in [0.2, 0.25) is 0 Å². The average molecular weight is 483 g/mol. The summed E-state index contributed by atoms with van der Waals surface area (Å²) in [6.07, 6.45) is 7.51. The number of carbonyl (C=O) groups excluding carboxylic acids is 2. The van der Waals surface area contributed by atoms with Crippen LogP contribution >= 0.6 is 11.3 Å². The summed E-state index contributed by atoms with van der Waals surface area (Å²) in [6, 6.07) is 2.01. The lowest BCUT2D eigenvalue weighted by molar-refractivity contribution is 0.0701. The van der Waals surface area contributed by atoms with Crippen molar-refractivity contribution in [1.29, 1.82) is 0 Å². The Morgan fingerprint density at radius 2 is 1.94 bits per heavy atom. The zero-order valence-corrected chi connectivity index (χ0v) is 20.5. The Balaban J connectivity index is 1.37. The molecule has 1 atom stereocenters. The Morgan fingerprint density at radius 3 is 2.65 bits per heavy atom. The zero-order chi connectivity index (χ0) is 23.8. The highest BCUT2D eigenvalue weighted by atomic mass is 32.1. The molecule has 1 aliphatic heterocycles. The molecule has 10 nitrogen and oxygen atoms in total. The van der Waals surface area contributed by atoms with E-state index < -0.39 is 0 Å². The van der Waals surface area contributed by atoms with Crippen molar-refractivity contribution in [2.24, 2.45) is 5.92 Å². The van der Waals surface area contributed by atoms with E-state index in [2.05, 4.69) is 27.6 Å². The largest absolute Gasteiger partial charge is 0.367 e. The van der Waals surface area contributed by atoms with Gasteiger partial charge in [0.05, 0.1) is 11.8 Å². The summed E-state index contributed by atoms with van der Waals surface area (Å²) in [5.74, 6) is 1.70. The van der Waals surface area contributed by atoms with Gasteiger partial charge >= 0.3 is 6.03 Å². The van der Waals surface area contributed by atoms with Gasteiger partial charge in [-0.25, -0.2) is 19.3 Å². The highest BCUT2D eigenvalue weighted by molar-refractivity contribution is 7.16. The molecule has 1 saturated carbocycles. The molecule has 11 heteroatoms. The number of likely N-dealkylation sites (tertiary alicyclic amines) is 1. The van der Waals surface area contributed by atoms with Crippen LogP contribution in [0.15, 0.2) is 23.8 Å². The number of carbonyl (C=O) groups is 2. The highest BCUT2D eigenvalue weighted by Gasteiger charge is 2.30. The fourth-order valence-corrected chi connectivity index (χ4v) is 5.06. The van der Waals surface area contributed by atoms with Crippen molar-refractivity contribution >= 4 is 33.9 Å². The second-order valence-electron chi connectivity index (χ2n) is 9.35. The lowest BCUT2D eigenvalue weighted by Gasteiger charge is -2.32. The minimum Gasteiger partial charge on any atom is -0.367 e. The smallest absolute Gasteiger partial charge is 0.317 e. The van der Waals surface area contributed by atoms with E-state index >= 15 is 0 Å². The summed E-state index contributed by atoms with van der Waals surface area (Å²) in [5.41, 5.74) is 1.19. The Kier molecular flexibility index (Phi) is 6.11. The lowest BCUT2D eigenvalue weighted by Crippen LogP contribution is -2.48. The van der Waals surface area contributed by atoms with Crippen molar-refractivity contribution in [3.05, 3.63) is 29.5 Å². The number of nitrogens with one attached hydrogen (secondary N) is 2. The molecule has 1 aliphatic carbocycles. The van der Waals surface area contributed by atoms with Gasteiger partial charge in [-0.05, 0) is 38.5 Å². The molecule has 4 heterocycles. The molecule has 2 fully saturated rings. The molecular weight excluding hydrogens is 452 g/mol. The number of aromatic nitrogens is 4. The number of amides is 3. The number of hydrogen-bond acceptors (Lipinski definition) is 7. The normalized spacial score (nSPS) is 17.6. The van der Waals surface area contributed by atoms with E-state index in [4.69, 9.17) is 4.98 Å². The predicted molar refractivity (Wildman–Crippen MR) is 131 cm³/mol. The van der Waals surface area contributed by atoms with Gasteiger partial charge in [0.15, 0.2) is 5.82 Å². The summed E-state index contributed by atoms with van der Waals surface area (Å²) < 4.78 is 1.80. The fraction of sp³-hybridized carbons (Fsp3) is 0.522. The van der Waals surface area contributed by atoms with Gasteiger partial charge in [-0.15, -0.1) is 11.3 Å². The summed E-state index contributed by atoms with van der Waals surface area (Å²) >= 11 is 1.57. The SMILES string of the molecule is C[C@@H](Nc1cc(C(=O)N2CCC(NC(=O)N(C)C)CC2)nc(-c2cnn3ccsc23)n1)C1CC1. The molecule has 1 saturated heterocycles. The van der Waals surface area contributed by atoms with Crippen molar-refractivity contribution in [1.82, 2.24) is 34.7 Å². The van der Waals surface area contributed by atoms with Gasteiger partial charge in [-0.2, -0.15) is 5.10 Å². The second kappa shape index (κ2) is 9.21. The van der Waals surface area contributed by atoms with Crippen LogP contribution in [0, 0.1) is 5.92 Å². The lowest BCUT2D eigenvalue weighted by atomic mass is 10.0. The monoisotopic (exact) mass is 482 g/mol. The van der Waals surface area contributed by atoms with Crippen LogP contribution in [-0.2, 0) is 0 Å². The van der Waals surface area contributed by atoms with Crippen LogP contribution in [0.2, 0.25) is 0 Å². The fourth-order valence-electron chi connectivity index (χ4n) is 4.27. The van der Waals surface area contributed by atoms with Gasteiger partial charge in [-0.3, -0.25) is 4.79 Å². The van der Waals surface area contributed by atoms with Crippen molar-refractivity contribution in [2.75, 3.05) is 32.5 Å². The molecule has 0 radical (unpaired) electrons. The molecule has 34 heavy (non-hydrogen) atoms. The number of anilines is 1. The number of hydrogen-bond donors (Lipinski definition) is 2. The van der Waals surface area contributed by atoms with Gasteiger partial charge in [0, 0.05) is 56.9 Å². The van der Waals surface area contributed by atoms with Crippen LogP contribution in [0.4, 0.5) is 10.6 Å². The number of thiazole rings is 1. The first-order valence-corrected chi connectivity index (χ1v) is 12.6. The maximum Gasteiger partial charge on any atom is 0.317 e. The molecule has 180 valence electrons. The molecule has 5 rings (SSSR count). The van der Waals surface area contributed by atoms with Gasteiger partial charge in [0.1, 0.15) is 16.3 Å². The Hall–Kier alpha value is -3.21. The third-order valence-corrected chi connectivity index (χ3v) is 7.43. The van der Waals surface area contributed by atoms with Crippen molar-refractivity contribution in [3.8, 4) is 11.4 Å². The van der Waals surface area contributed by atoms with Crippen molar-refractivity contribution in [2.45, 2.75) is 44.7 Å². The first-order valence-electron chi connectivity index (χ1n) is 11.7. The van der Waals surface area contributed by atoms with E-state index in [0.717, 1.165) is 10.4 Å². The third-order valence-electron chi connectivity index (χ3n) is 6.54. The molecule has 3 amide bonds. The Bertz CT molecular complexity index is 1190. The topological polar surface area (TPSA) is 108 Å². The molecule has 0 unspecified atom stereocenters. The van der Waals surface area contributed by atoms with E-state index in [9.17, 15) is 9.59 Å². The van der Waals surface area contributed by atoms with Gasteiger partial charge < -0.3 is 20.4 Å². The first kappa shape index (κ1) is 22.6. The molecular formula is C23H30N8O2S. The van der Waals surface area contributed by atoms with Crippen LogP contribution in [-0.4, -0.2) is 80.6 Å². The minimum absolute atomic E-state index is 0.0658. The van der Waals surface area contributed by atoms with E-state index in [0.29, 0.717) is 49.2 Å². The summed E-state index contributed by atoms with van der Waals surface area (Å²) in [7, 11) is 3.45. The maximum absolute atomic E-state index is 13.5. The Labute approximate surface area is 202 Å². The number of piperidine rings is 1. The van der Waals surface area contributed by atoms with Crippen LogP contribution in [0.25, 0.3) is 16.2 Å². The van der Waals surface area contributed by atoms with Crippen LogP contribution in [0.3, 0.4) is 0 Å². The quantitative estimate of drug-likeness (QED) is 0.559. The molecule has 0 bridgehead atoms. The zero-order valence-electron chi connectivity index (χ0n) is 19.7. The number of fused-ring (bicyclic) bond motifs is 1. The van der Waals surface area contributed by atoms with Gasteiger partial charge in [0.25, 0.3) is 5.91 Å². The number of nitrogens with zero attached hydrogens (tertiary/aromatic N) is 6. The number of rotatable bonds is 6. The summed E-state index contributed by atoms with van der Waals surface area (Å²) in [4.78, 5) is 39.1. The Morgan fingerprint density at radius 1 is 1.18 bits per heavy atom. The molecule has 2 N–H and O–H groups in total. The molecule has 0 spiro atoms. The van der Waals surface area contributed by atoms with E-state index in [-0.39, 0.29) is 24.0 Å². The molecule has 2 aliphatic rings. The van der Waals surface area contributed by atoms with Crippen molar-refractivity contribution in [3.63, 3.8) is 0 Å². The molecule has 3 aromatic rings. The second-order valence-corrected chi connectivity index (χ2v) is 10.2. The standard InChI is InChI=1S/C23H30N8O2S/c1-14(15-4-5-15)25-19-12-18(27-20(28-19)17-13-24-31-10-11-34-22(17)31)21(32)30-8-6-16(7-9-30)26-23(33)29(2)3/h10-16H,4-9H2,1-3H3,(H,26,33)(H,25,27,28)/t14-/m1/s1. The number of urea groups is 1. The molecule has 0 aromatic carbocycles. The van der Waals surface area contributed by atoms with Gasteiger partial charge in [-0.1, -0.05) is 0 Å². The maximum atomic E-state index is 13.5. The highest BCUT2D eigenvalue weighted by Crippen LogP contribution is 2.34. The summed E-state index contributed by atoms with van der Waals surface area (Å²) in [6.45, 7) is 3.30.